The van der Waals surface area contributed by atoms with Crippen molar-refractivity contribution in [2.45, 2.75) is 34.1 Å². The monoisotopic (exact) mass is 266 g/mol. The van der Waals surface area contributed by atoms with Crippen LogP contribution in [-0.2, 0) is 14.1 Å². The minimum Gasteiger partial charge on any atom is -0.303 e. The second-order valence-electron chi connectivity index (χ2n) is 6.19. The quantitative estimate of drug-likeness (QED) is 0.776. The summed E-state index contributed by atoms with van der Waals surface area (Å²) in [5.74, 6) is -0.0550. The molecule has 0 N–H and O–H groups in total. The lowest BCUT2D eigenvalue weighted by Crippen LogP contribution is -2.40. The molecule has 1 rings (SSSR count). The summed E-state index contributed by atoms with van der Waals surface area (Å²) in [5.41, 5.74) is -0.859. The van der Waals surface area contributed by atoms with Crippen molar-refractivity contribution in [3.8, 4) is 0 Å². The minimum atomic E-state index is -0.519. The molecule has 1 aromatic rings. The van der Waals surface area contributed by atoms with Crippen LogP contribution < -0.4 is 11.2 Å². The van der Waals surface area contributed by atoms with Gasteiger partial charge in [-0.3, -0.25) is 14.2 Å². The van der Waals surface area contributed by atoms with E-state index in [2.05, 4.69) is 20.8 Å². The molecule has 0 saturated heterocycles. The Kier molecular flexibility index (Phi) is 4.18. The van der Waals surface area contributed by atoms with Gasteiger partial charge in [-0.2, -0.15) is 0 Å². The number of aryl methyl sites for hydroxylation is 1. The van der Waals surface area contributed by atoms with E-state index in [-0.39, 0.29) is 22.7 Å². The van der Waals surface area contributed by atoms with Gasteiger partial charge in [-0.1, -0.05) is 27.7 Å². The number of carbonyl (C=O) groups excluding carboxylic acids is 1. The van der Waals surface area contributed by atoms with Gasteiger partial charge in [0.1, 0.15) is 0 Å². The number of Topliss-reactive ketones (excluding diaryl/α,β-unsaturated/α-hetero) is 1. The second kappa shape index (κ2) is 5.15. The molecule has 1 aromatic heterocycles. The Labute approximate surface area is 112 Å². The summed E-state index contributed by atoms with van der Waals surface area (Å²) in [4.78, 5) is 35.7. The third kappa shape index (κ3) is 3.22. The fourth-order valence-corrected chi connectivity index (χ4v) is 1.69. The second-order valence-corrected chi connectivity index (χ2v) is 6.19. The van der Waals surface area contributed by atoms with Crippen LogP contribution in [0.15, 0.2) is 15.8 Å². The number of hydrogen-bond donors (Lipinski definition) is 0. The molecule has 0 bridgehead atoms. The predicted molar refractivity (Wildman–Crippen MR) is 74.5 cm³/mol. The first-order chi connectivity index (χ1) is 8.55. The molecule has 0 saturated carbocycles. The van der Waals surface area contributed by atoms with Crippen LogP contribution in [-0.4, -0.2) is 14.9 Å². The highest BCUT2D eigenvalue weighted by atomic mass is 16.2. The van der Waals surface area contributed by atoms with E-state index < -0.39 is 11.2 Å². The molecule has 0 aromatic carbocycles. The smallest absolute Gasteiger partial charge is 0.303 e. The van der Waals surface area contributed by atoms with Crippen molar-refractivity contribution in [1.29, 1.82) is 0 Å². The Bertz CT molecular complexity index is 603. The highest BCUT2D eigenvalue weighted by Crippen LogP contribution is 2.28. The van der Waals surface area contributed by atoms with E-state index in [4.69, 9.17) is 0 Å². The van der Waals surface area contributed by atoms with E-state index in [9.17, 15) is 14.4 Å². The Morgan fingerprint density at radius 1 is 1.26 bits per heavy atom. The van der Waals surface area contributed by atoms with Gasteiger partial charge in [-0.05, 0) is 11.3 Å². The summed E-state index contributed by atoms with van der Waals surface area (Å²) >= 11 is 0. The lowest BCUT2D eigenvalue weighted by molar-refractivity contribution is 0.0924. The van der Waals surface area contributed by atoms with Crippen LogP contribution in [0.25, 0.3) is 0 Å². The van der Waals surface area contributed by atoms with Crippen LogP contribution in [0.4, 0.5) is 0 Å². The number of hydrogen-bond acceptors (Lipinski definition) is 3. The minimum absolute atomic E-state index is 0.00155. The molecule has 0 aliphatic heterocycles. The molecule has 106 valence electrons. The topological polar surface area (TPSA) is 61.1 Å². The van der Waals surface area contributed by atoms with Crippen molar-refractivity contribution in [2.75, 3.05) is 0 Å². The summed E-state index contributed by atoms with van der Waals surface area (Å²) in [6.07, 6.45) is 1.64. The van der Waals surface area contributed by atoms with Crippen molar-refractivity contribution >= 4 is 5.78 Å². The van der Waals surface area contributed by atoms with Gasteiger partial charge < -0.3 is 4.57 Å². The lowest BCUT2D eigenvalue weighted by atomic mass is 9.79. The molecule has 0 spiro atoms. The molecule has 0 amide bonds. The van der Waals surface area contributed by atoms with Crippen molar-refractivity contribution in [3.63, 3.8) is 0 Å². The zero-order valence-electron chi connectivity index (χ0n) is 12.5. The van der Waals surface area contributed by atoms with Gasteiger partial charge in [0.2, 0.25) is 0 Å². The lowest BCUT2D eigenvalue weighted by Gasteiger charge is -2.26. The van der Waals surface area contributed by atoms with Gasteiger partial charge in [-0.15, -0.1) is 0 Å². The first-order valence-electron chi connectivity index (χ1n) is 6.35. The largest absolute Gasteiger partial charge is 0.330 e. The molecule has 0 aliphatic carbocycles. The maximum absolute atomic E-state index is 12.2. The van der Waals surface area contributed by atoms with Crippen molar-refractivity contribution in [2.24, 2.45) is 25.4 Å². The third-order valence-electron chi connectivity index (χ3n) is 3.72. The standard InChI is InChI=1S/C14H22N2O3/c1-9(14(2,3)4)7-11(17)10-8-15(5)13(19)16(6)12(10)18/h8-9H,7H2,1-6H3. The molecular formula is C14H22N2O3. The summed E-state index contributed by atoms with van der Waals surface area (Å²) in [6, 6.07) is 0. The Morgan fingerprint density at radius 3 is 2.26 bits per heavy atom. The average Bonchev–Trinajstić information content (AvgIpc) is 2.29. The van der Waals surface area contributed by atoms with Gasteiger partial charge in [0.05, 0.1) is 5.56 Å². The number of rotatable bonds is 3. The van der Waals surface area contributed by atoms with Crippen LogP contribution in [0.1, 0.15) is 44.5 Å². The van der Waals surface area contributed by atoms with Crippen LogP contribution in [0.2, 0.25) is 0 Å². The summed E-state index contributed by atoms with van der Waals surface area (Å²) in [5, 5.41) is 0. The SMILES string of the molecule is CC(CC(=O)c1cn(C)c(=O)n(C)c1=O)C(C)(C)C. The van der Waals surface area contributed by atoms with Crippen molar-refractivity contribution in [1.82, 2.24) is 9.13 Å². The molecule has 1 atom stereocenters. The zero-order valence-corrected chi connectivity index (χ0v) is 12.5. The number of ketones is 1. The summed E-state index contributed by atoms with van der Waals surface area (Å²) in [7, 11) is 2.92. The van der Waals surface area contributed by atoms with Gasteiger partial charge in [0, 0.05) is 26.7 Å². The van der Waals surface area contributed by atoms with Crippen LogP contribution >= 0.6 is 0 Å². The van der Waals surface area contributed by atoms with E-state index in [1.54, 1.807) is 0 Å². The van der Waals surface area contributed by atoms with Crippen LogP contribution in [0.3, 0.4) is 0 Å². The number of aromatic nitrogens is 2. The predicted octanol–water partition coefficient (Wildman–Crippen LogP) is 1.34. The maximum atomic E-state index is 12.2. The van der Waals surface area contributed by atoms with Crippen LogP contribution in [0.5, 0.6) is 0 Å². The molecule has 0 fully saturated rings. The molecule has 1 heterocycles. The van der Waals surface area contributed by atoms with E-state index in [0.29, 0.717) is 6.42 Å². The number of nitrogens with zero attached hydrogens (tertiary/aromatic N) is 2. The van der Waals surface area contributed by atoms with Gasteiger partial charge in [0.25, 0.3) is 5.56 Å². The summed E-state index contributed by atoms with van der Waals surface area (Å²) < 4.78 is 2.23. The first-order valence-corrected chi connectivity index (χ1v) is 6.35. The Balaban J connectivity index is 3.16. The zero-order chi connectivity index (χ0) is 15.0. The fourth-order valence-electron chi connectivity index (χ4n) is 1.69. The third-order valence-corrected chi connectivity index (χ3v) is 3.72. The van der Waals surface area contributed by atoms with Gasteiger partial charge in [-0.25, -0.2) is 4.79 Å². The van der Waals surface area contributed by atoms with E-state index in [1.807, 2.05) is 6.92 Å². The molecule has 0 radical (unpaired) electrons. The highest BCUT2D eigenvalue weighted by Gasteiger charge is 2.24. The first kappa shape index (κ1) is 15.4. The molecule has 0 aliphatic rings. The van der Waals surface area contributed by atoms with Gasteiger partial charge >= 0.3 is 5.69 Å². The normalized spacial score (nSPS) is 13.4. The molecular weight excluding hydrogens is 244 g/mol. The average molecular weight is 266 g/mol. The van der Waals surface area contributed by atoms with Crippen molar-refractivity contribution in [3.05, 3.63) is 32.6 Å². The van der Waals surface area contributed by atoms with Crippen LogP contribution in [0, 0.1) is 11.3 Å². The van der Waals surface area contributed by atoms with E-state index in [0.717, 1.165) is 4.57 Å². The highest BCUT2D eigenvalue weighted by molar-refractivity contribution is 5.95. The molecule has 19 heavy (non-hydrogen) atoms. The van der Waals surface area contributed by atoms with Gasteiger partial charge in [0.15, 0.2) is 5.78 Å². The molecule has 1 unspecified atom stereocenters. The Morgan fingerprint density at radius 2 is 1.79 bits per heavy atom. The number of carbonyl (C=O) groups is 1. The summed E-state index contributed by atoms with van der Waals surface area (Å²) in [6.45, 7) is 8.17. The molecule has 5 heteroatoms. The Hall–Kier alpha value is -1.65. The molecule has 5 nitrogen and oxygen atoms in total. The fraction of sp³-hybridized carbons (Fsp3) is 0.643. The van der Waals surface area contributed by atoms with Crippen molar-refractivity contribution < 1.29 is 4.79 Å². The van der Waals surface area contributed by atoms with E-state index >= 15 is 0 Å². The maximum Gasteiger partial charge on any atom is 0.330 e. The van der Waals surface area contributed by atoms with E-state index in [1.165, 1.54) is 24.9 Å².